The Bertz CT molecular complexity index is 606. The number of nitrogens with two attached hydrogens (primary N) is 1. The number of nitrogen functional groups attached to an aromatic ring is 1. The zero-order valence-corrected chi connectivity index (χ0v) is 12.1. The maximum absolute atomic E-state index is 12.4. The molecular weight excluding hydrogens is 258 g/mol. The zero-order chi connectivity index (χ0) is 14.0. The summed E-state index contributed by atoms with van der Waals surface area (Å²) >= 11 is 1.57. The summed E-state index contributed by atoms with van der Waals surface area (Å²) in [4.78, 5) is 19.4. The molecule has 0 radical (unpaired) electrons. The smallest absolute Gasteiger partial charge is 0.254 e. The molecule has 1 aromatic heterocycles. The molecule has 4 nitrogen and oxygen atoms in total. The van der Waals surface area contributed by atoms with Gasteiger partial charge in [-0.05, 0) is 31.5 Å². The molecule has 0 fully saturated rings. The molecule has 0 unspecified atom stereocenters. The SMILES string of the molecule is Cc1ncsc1CN(C)C(=O)c1cccc(N)c1C. The van der Waals surface area contributed by atoms with Crippen LogP contribution in [0.4, 0.5) is 5.69 Å². The summed E-state index contributed by atoms with van der Waals surface area (Å²) in [5.41, 5.74) is 10.8. The predicted octanol–water partition coefficient (Wildman–Crippen LogP) is 2.61. The molecule has 0 saturated heterocycles. The number of anilines is 1. The van der Waals surface area contributed by atoms with Gasteiger partial charge >= 0.3 is 0 Å². The lowest BCUT2D eigenvalue weighted by atomic mass is 10.1. The molecule has 2 rings (SSSR count). The van der Waals surface area contributed by atoms with Crippen molar-refractivity contribution in [2.24, 2.45) is 0 Å². The number of aromatic nitrogens is 1. The third-order valence-electron chi connectivity index (χ3n) is 3.18. The van der Waals surface area contributed by atoms with Crippen LogP contribution < -0.4 is 5.73 Å². The van der Waals surface area contributed by atoms with Crippen molar-refractivity contribution in [3.05, 3.63) is 45.4 Å². The number of thiazole rings is 1. The van der Waals surface area contributed by atoms with Crippen LogP contribution in [-0.4, -0.2) is 22.8 Å². The van der Waals surface area contributed by atoms with Crippen LogP contribution in [0.25, 0.3) is 0 Å². The summed E-state index contributed by atoms with van der Waals surface area (Å²) in [7, 11) is 1.80. The highest BCUT2D eigenvalue weighted by atomic mass is 32.1. The van der Waals surface area contributed by atoms with E-state index in [9.17, 15) is 4.79 Å². The molecule has 1 aromatic carbocycles. The third-order valence-corrected chi connectivity index (χ3v) is 4.10. The molecule has 2 N–H and O–H groups in total. The second-order valence-electron chi connectivity index (χ2n) is 4.54. The molecule has 1 amide bonds. The van der Waals surface area contributed by atoms with Gasteiger partial charge in [-0.25, -0.2) is 4.98 Å². The number of amides is 1. The summed E-state index contributed by atoms with van der Waals surface area (Å²) in [6.45, 7) is 4.40. The molecule has 0 atom stereocenters. The van der Waals surface area contributed by atoms with Crippen molar-refractivity contribution in [1.82, 2.24) is 9.88 Å². The third kappa shape index (κ3) is 2.76. The minimum absolute atomic E-state index is 0.0161. The van der Waals surface area contributed by atoms with Crippen LogP contribution in [0.15, 0.2) is 23.7 Å². The molecule has 0 saturated carbocycles. The summed E-state index contributed by atoms with van der Waals surface area (Å²) in [6.07, 6.45) is 0. The number of hydrogen-bond donors (Lipinski definition) is 1. The molecule has 0 aliphatic heterocycles. The van der Waals surface area contributed by atoms with Gasteiger partial charge in [-0.15, -0.1) is 11.3 Å². The maximum atomic E-state index is 12.4. The summed E-state index contributed by atoms with van der Waals surface area (Å²) < 4.78 is 0. The van der Waals surface area contributed by atoms with Crippen LogP contribution in [0.3, 0.4) is 0 Å². The number of nitrogens with zero attached hydrogens (tertiary/aromatic N) is 2. The van der Waals surface area contributed by atoms with Crippen LogP contribution in [0.2, 0.25) is 0 Å². The van der Waals surface area contributed by atoms with Crippen molar-refractivity contribution < 1.29 is 4.79 Å². The monoisotopic (exact) mass is 275 g/mol. The van der Waals surface area contributed by atoms with E-state index in [-0.39, 0.29) is 5.91 Å². The van der Waals surface area contributed by atoms with E-state index in [2.05, 4.69) is 4.98 Å². The Kier molecular flexibility index (Phi) is 3.85. The Hall–Kier alpha value is -1.88. The molecule has 0 spiro atoms. The topological polar surface area (TPSA) is 59.2 Å². The summed E-state index contributed by atoms with van der Waals surface area (Å²) in [6, 6.07) is 5.42. The minimum Gasteiger partial charge on any atom is -0.398 e. The molecule has 0 aliphatic rings. The Balaban J connectivity index is 2.20. The Morgan fingerprint density at radius 3 is 2.79 bits per heavy atom. The average molecular weight is 275 g/mol. The van der Waals surface area contributed by atoms with Gasteiger partial charge in [0.25, 0.3) is 5.91 Å². The van der Waals surface area contributed by atoms with E-state index in [1.54, 1.807) is 40.9 Å². The first-order chi connectivity index (χ1) is 9.00. The number of benzene rings is 1. The molecule has 0 bridgehead atoms. The average Bonchev–Trinajstić information content (AvgIpc) is 2.77. The fraction of sp³-hybridized carbons (Fsp3) is 0.286. The summed E-state index contributed by atoms with van der Waals surface area (Å²) in [5, 5.41) is 0. The number of carbonyl (C=O) groups is 1. The van der Waals surface area contributed by atoms with E-state index in [4.69, 9.17) is 5.73 Å². The first-order valence-electron chi connectivity index (χ1n) is 6.00. The van der Waals surface area contributed by atoms with Crippen LogP contribution in [0.1, 0.15) is 26.5 Å². The first-order valence-corrected chi connectivity index (χ1v) is 6.88. The van der Waals surface area contributed by atoms with Crippen molar-refractivity contribution in [2.75, 3.05) is 12.8 Å². The van der Waals surface area contributed by atoms with Crippen LogP contribution in [-0.2, 0) is 6.54 Å². The highest BCUT2D eigenvalue weighted by Crippen LogP contribution is 2.19. The van der Waals surface area contributed by atoms with Crippen LogP contribution in [0.5, 0.6) is 0 Å². The van der Waals surface area contributed by atoms with E-state index >= 15 is 0 Å². The van der Waals surface area contributed by atoms with Gasteiger partial charge in [0.05, 0.1) is 17.7 Å². The van der Waals surface area contributed by atoms with Crippen molar-refractivity contribution >= 4 is 22.9 Å². The number of rotatable bonds is 3. The standard InChI is InChI=1S/C14H17N3OS/c1-9-11(5-4-6-12(9)15)14(18)17(3)7-13-10(2)16-8-19-13/h4-6,8H,7,15H2,1-3H3. The van der Waals surface area contributed by atoms with E-state index in [0.717, 1.165) is 16.1 Å². The van der Waals surface area contributed by atoms with E-state index in [0.29, 0.717) is 17.8 Å². The number of aryl methyl sites for hydroxylation is 1. The van der Waals surface area contributed by atoms with Crippen molar-refractivity contribution in [1.29, 1.82) is 0 Å². The second-order valence-corrected chi connectivity index (χ2v) is 5.48. The molecular formula is C14H17N3OS. The Morgan fingerprint density at radius 1 is 1.42 bits per heavy atom. The zero-order valence-electron chi connectivity index (χ0n) is 11.3. The van der Waals surface area contributed by atoms with E-state index in [1.807, 2.05) is 19.9 Å². The van der Waals surface area contributed by atoms with Gasteiger partial charge < -0.3 is 10.6 Å². The Labute approximate surface area is 116 Å². The van der Waals surface area contributed by atoms with Crippen LogP contribution in [0, 0.1) is 13.8 Å². The van der Waals surface area contributed by atoms with Crippen molar-refractivity contribution in [3.63, 3.8) is 0 Å². The van der Waals surface area contributed by atoms with Gasteiger partial charge in [0.2, 0.25) is 0 Å². The van der Waals surface area contributed by atoms with Crippen molar-refractivity contribution in [2.45, 2.75) is 20.4 Å². The molecule has 100 valence electrons. The summed E-state index contributed by atoms with van der Waals surface area (Å²) in [5.74, 6) is -0.0161. The molecule has 0 aliphatic carbocycles. The fourth-order valence-corrected chi connectivity index (χ4v) is 2.69. The quantitative estimate of drug-likeness (QED) is 0.876. The largest absolute Gasteiger partial charge is 0.398 e. The van der Waals surface area contributed by atoms with Gasteiger partial charge in [0.1, 0.15) is 0 Å². The molecule has 2 aromatic rings. The van der Waals surface area contributed by atoms with E-state index in [1.165, 1.54) is 0 Å². The van der Waals surface area contributed by atoms with Gasteiger partial charge in [-0.1, -0.05) is 6.07 Å². The predicted molar refractivity (Wildman–Crippen MR) is 78.2 cm³/mol. The van der Waals surface area contributed by atoms with E-state index < -0.39 is 0 Å². The lowest BCUT2D eigenvalue weighted by Gasteiger charge is -2.18. The fourth-order valence-electron chi connectivity index (χ4n) is 1.86. The van der Waals surface area contributed by atoms with Gasteiger partial charge in [-0.2, -0.15) is 0 Å². The number of carbonyl (C=O) groups excluding carboxylic acids is 1. The van der Waals surface area contributed by atoms with Crippen LogP contribution >= 0.6 is 11.3 Å². The minimum atomic E-state index is -0.0161. The van der Waals surface area contributed by atoms with Gasteiger partial charge in [0, 0.05) is 23.2 Å². The second kappa shape index (κ2) is 5.40. The number of hydrogen-bond acceptors (Lipinski definition) is 4. The molecule has 19 heavy (non-hydrogen) atoms. The molecule has 5 heteroatoms. The van der Waals surface area contributed by atoms with Gasteiger partial charge in [-0.3, -0.25) is 4.79 Å². The lowest BCUT2D eigenvalue weighted by Crippen LogP contribution is -2.27. The van der Waals surface area contributed by atoms with Crippen molar-refractivity contribution in [3.8, 4) is 0 Å². The highest BCUT2D eigenvalue weighted by Gasteiger charge is 2.16. The first kappa shape index (κ1) is 13.5. The maximum Gasteiger partial charge on any atom is 0.254 e. The van der Waals surface area contributed by atoms with Gasteiger partial charge in [0.15, 0.2) is 0 Å². The normalized spacial score (nSPS) is 10.5. The highest BCUT2D eigenvalue weighted by molar-refractivity contribution is 7.09. The Morgan fingerprint density at radius 2 is 2.16 bits per heavy atom. The lowest BCUT2D eigenvalue weighted by molar-refractivity contribution is 0.0785. The molecule has 1 heterocycles.